The topological polar surface area (TPSA) is 87.2 Å². The van der Waals surface area contributed by atoms with Crippen LogP contribution in [0, 0.1) is 5.41 Å². The van der Waals surface area contributed by atoms with Gasteiger partial charge in [0, 0.05) is 17.5 Å². The van der Waals surface area contributed by atoms with Crippen LogP contribution in [0.5, 0.6) is 0 Å². The number of nitrogen functional groups attached to an aromatic ring is 1. The fourth-order valence-electron chi connectivity index (χ4n) is 3.49. The summed E-state index contributed by atoms with van der Waals surface area (Å²) >= 11 is 0. The molecule has 31 heavy (non-hydrogen) atoms. The number of benzene rings is 3. The van der Waals surface area contributed by atoms with Gasteiger partial charge in [0.05, 0.1) is 0 Å². The van der Waals surface area contributed by atoms with Crippen molar-refractivity contribution in [3.63, 3.8) is 0 Å². The summed E-state index contributed by atoms with van der Waals surface area (Å²) in [6.07, 6.45) is 6.37. The normalized spacial score (nSPS) is 11.3. The molecule has 3 aromatic rings. The first-order chi connectivity index (χ1) is 15.1. The highest BCUT2D eigenvalue weighted by Crippen LogP contribution is 2.35. The van der Waals surface area contributed by atoms with E-state index < -0.39 is 0 Å². The number of rotatable bonds is 6. The average Bonchev–Trinajstić information content (AvgIpc) is 2.80. The Bertz CT molecular complexity index is 1070. The van der Waals surface area contributed by atoms with E-state index in [1.165, 1.54) is 28.5 Å². The van der Waals surface area contributed by atoms with Crippen molar-refractivity contribution in [2.24, 2.45) is 0 Å². The van der Waals surface area contributed by atoms with Crippen molar-refractivity contribution < 1.29 is 9.90 Å². The minimum atomic E-state index is -0.250. The lowest BCUT2D eigenvalue weighted by Gasteiger charge is -2.17. The minimum Gasteiger partial charge on any atom is -0.483 e. The van der Waals surface area contributed by atoms with Crippen molar-refractivity contribution in [1.82, 2.24) is 0 Å². The van der Waals surface area contributed by atoms with E-state index in [0.29, 0.717) is 5.69 Å². The third-order valence-corrected chi connectivity index (χ3v) is 4.87. The number of anilines is 1. The van der Waals surface area contributed by atoms with Gasteiger partial charge < -0.3 is 16.2 Å². The summed E-state index contributed by atoms with van der Waals surface area (Å²) in [5.74, 6) is 0. The van der Waals surface area contributed by atoms with Crippen molar-refractivity contribution in [3.05, 3.63) is 107 Å². The van der Waals surface area contributed by atoms with Gasteiger partial charge in [-0.2, -0.15) is 0 Å². The lowest BCUT2D eigenvalue weighted by Crippen LogP contribution is -1.99. The Morgan fingerprint density at radius 3 is 2.13 bits per heavy atom. The van der Waals surface area contributed by atoms with Crippen LogP contribution in [0.3, 0.4) is 0 Å². The third-order valence-electron chi connectivity index (χ3n) is 4.87. The number of nitrogens with one attached hydrogen (secondary N) is 1. The second-order valence-corrected chi connectivity index (χ2v) is 6.79. The molecule has 4 heteroatoms. The molecule has 0 bridgehead atoms. The van der Waals surface area contributed by atoms with Crippen LogP contribution in [0.1, 0.15) is 48.1 Å². The molecular formula is C27H28N2O2. The number of carbonyl (C=O) groups is 1. The summed E-state index contributed by atoms with van der Waals surface area (Å²) in [6.45, 7) is 3.96. The number of hydrogen-bond acceptors (Lipinski definition) is 3. The molecule has 158 valence electrons. The second-order valence-electron chi connectivity index (χ2n) is 6.79. The molecule has 0 aliphatic rings. The Balaban J connectivity index is 0.00000107. The lowest BCUT2D eigenvalue weighted by molar-refractivity contribution is -0.122. The zero-order chi connectivity index (χ0) is 22.6. The van der Waals surface area contributed by atoms with Crippen LogP contribution in [0.25, 0.3) is 17.2 Å². The molecular weight excluding hydrogens is 384 g/mol. The van der Waals surface area contributed by atoms with E-state index in [4.69, 9.17) is 21.0 Å². The Labute approximate surface area is 183 Å². The first-order valence-corrected chi connectivity index (χ1v) is 10.1. The molecule has 0 fully saturated rings. The molecule has 0 aromatic heterocycles. The van der Waals surface area contributed by atoms with E-state index in [0.717, 1.165) is 23.1 Å². The first-order valence-electron chi connectivity index (χ1n) is 10.1. The van der Waals surface area contributed by atoms with Crippen LogP contribution in [0.15, 0.2) is 78.9 Å². The van der Waals surface area contributed by atoms with Gasteiger partial charge in [-0.15, -0.1) is 0 Å². The number of hydrogen-bond donors (Lipinski definition) is 3. The molecule has 0 heterocycles. The SMILES string of the molecule is C/C=C/c1ccc(/C(=C(/CC)c2ccccc2)c2ccc(N)c(C=N)c2)cc1.O=CO. The predicted molar refractivity (Wildman–Crippen MR) is 131 cm³/mol. The summed E-state index contributed by atoms with van der Waals surface area (Å²) in [4.78, 5) is 8.36. The number of carboxylic acid groups (broad SMARTS) is 1. The molecule has 0 saturated carbocycles. The van der Waals surface area contributed by atoms with Crippen LogP contribution in [0.4, 0.5) is 5.69 Å². The lowest BCUT2D eigenvalue weighted by atomic mass is 9.87. The van der Waals surface area contributed by atoms with E-state index in [2.05, 4.69) is 67.6 Å². The van der Waals surface area contributed by atoms with Gasteiger partial charge >= 0.3 is 0 Å². The second kappa shape index (κ2) is 11.9. The standard InChI is InChI=1S/C26H26N2.CH2O2/c1-3-8-19-11-13-21(14-12-19)26(22-15-16-25(28)23(17-22)18-27)24(4-2)20-9-6-5-7-10-20;2-1-3/h3,5-18,27H,4,28H2,1-2H3;1H,(H,2,3)/b8-3+,26-24+,27-18?;. The molecule has 0 spiro atoms. The molecule has 0 radical (unpaired) electrons. The smallest absolute Gasteiger partial charge is 0.290 e. The Morgan fingerprint density at radius 1 is 0.968 bits per heavy atom. The quantitative estimate of drug-likeness (QED) is 0.190. The number of allylic oxidation sites excluding steroid dienone is 2. The molecule has 0 atom stereocenters. The maximum Gasteiger partial charge on any atom is 0.290 e. The molecule has 3 rings (SSSR count). The van der Waals surface area contributed by atoms with Crippen LogP contribution >= 0.6 is 0 Å². The van der Waals surface area contributed by atoms with Crippen LogP contribution in [-0.4, -0.2) is 17.8 Å². The fourth-order valence-corrected chi connectivity index (χ4v) is 3.49. The third kappa shape index (κ3) is 6.03. The highest BCUT2D eigenvalue weighted by atomic mass is 16.3. The molecule has 0 aliphatic heterocycles. The zero-order valence-electron chi connectivity index (χ0n) is 17.9. The maximum atomic E-state index is 8.36. The summed E-state index contributed by atoms with van der Waals surface area (Å²) in [5.41, 5.74) is 14.5. The van der Waals surface area contributed by atoms with Crippen molar-refractivity contribution in [3.8, 4) is 0 Å². The van der Waals surface area contributed by atoms with E-state index in [-0.39, 0.29) is 6.47 Å². The summed E-state index contributed by atoms with van der Waals surface area (Å²) < 4.78 is 0. The van der Waals surface area contributed by atoms with Crippen molar-refractivity contribution in [2.75, 3.05) is 5.73 Å². The van der Waals surface area contributed by atoms with E-state index >= 15 is 0 Å². The monoisotopic (exact) mass is 412 g/mol. The summed E-state index contributed by atoms with van der Waals surface area (Å²) in [6, 6.07) is 25.1. The molecule has 3 aromatic carbocycles. The van der Waals surface area contributed by atoms with E-state index in [9.17, 15) is 0 Å². The van der Waals surface area contributed by atoms with Gasteiger partial charge in [0.1, 0.15) is 0 Å². The minimum absolute atomic E-state index is 0.250. The number of nitrogens with two attached hydrogens (primary N) is 1. The van der Waals surface area contributed by atoms with Crippen LogP contribution in [-0.2, 0) is 4.79 Å². The first kappa shape index (κ1) is 23.4. The van der Waals surface area contributed by atoms with Gasteiger partial charge in [-0.3, -0.25) is 4.79 Å². The van der Waals surface area contributed by atoms with Gasteiger partial charge in [-0.05, 0) is 58.9 Å². The van der Waals surface area contributed by atoms with Gasteiger partial charge in [0.25, 0.3) is 6.47 Å². The van der Waals surface area contributed by atoms with Crippen molar-refractivity contribution in [1.29, 1.82) is 5.41 Å². The summed E-state index contributed by atoms with van der Waals surface area (Å²) in [7, 11) is 0. The highest BCUT2D eigenvalue weighted by Gasteiger charge is 2.14. The Kier molecular flexibility index (Phi) is 8.99. The molecule has 0 saturated heterocycles. The molecule has 0 amide bonds. The average molecular weight is 413 g/mol. The Morgan fingerprint density at radius 2 is 1.58 bits per heavy atom. The van der Waals surface area contributed by atoms with Crippen molar-refractivity contribution in [2.45, 2.75) is 20.3 Å². The van der Waals surface area contributed by atoms with E-state index in [1.54, 1.807) is 0 Å². The maximum absolute atomic E-state index is 8.36. The largest absolute Gasteiger partial charge is 0.483 e. The predicted octanol–water partition coefficient (Wildman–Crippen LogP) is 6.37. The van der Waals surface area contributed by atoms with Gasteiger partial charge in [-0.1, -0.05) is 79.7 Å². The zero-order valence-corrected chi connectivity index (χ0v) is 17.9. The molecule has 4 N–H and O–H groups in total. The van der Waals surface area contributed by atoms with Gasteiger partial charge in [-0.25, -0.2) is 0 Å². The van der Waals surface area contributed by atoms with Gasteiger partial charge in [0.15, 0.2) is 0 Å². The molecule has 0 aliphatic carbocycles. The summed E-state index contributed by atoms with van der Waals surface area (Å²) in [5, 5.41) is 14.6. The van der Waals surface area contributed by atoms with Crippen molar-refractivity contribution >= 4 is 35.6 Å². The fraction of sp³-hybridized carbons (Fsp3) is 0.111. The van der Waals surface area contributed by atoms with Crippen LogP contribution < -0.4 is 5.73 Å². The highest BCUT2D eigenvalue weighted by molar-refractivity contribution is 6.00. The van der Waals surface area contributed by atoms with Crippen LogP contribution in [0.2, 0.25) is 0 Å². The molecule has 4 nitrogen and oxygen atoms in total. The molecule has 0 unspecified atom stereocenters. The Hall–Kier alpha value is -3.92. The van der Waals surface area contributed by atoms with Gasteiger partial charge in [0.2, 0.25) is 0 Å². The van der Waals surface area contributed by atoms with E-state index in [1.807, 2.05) is 31.2 Å².